The summed E-state index contributed by atoms with van der Waals surface area (Å²) in [7, 11) is 1.47. The molecule has 0 aromatic heterocycles. The zero-order chi connectivity index (χ0) is 45.1. The molecule has 5 atom stereocenters. The maximum atomic E-state index is 14.7. The van der Waals surface area contributed by atoms with Gasteiger partial charge in [0, 0.05) is 29.6 Å². The fraction of sp³-hybridized carbons (Fsp3) is 0.362. The third-order valence-corrected chi connectivity index (χ3v) is 11.2. The zero-order valence-corrected chi connectivity index (χ0v) is 36.4. The number of nitrogens with one attached hydrogen (secondary N) is 4. The highest BCUT2D eigenvalue weighted by Gasteiger charge is 2.36. The summed E-state index contributed by atoms with van der Waals surface area (Å²) in [4.78, 5) is 83.6. The average molecular weight is 867 g/mol. The maximum Gasteiger partial charge on any atom is 0.251 e. The van der Waals surface area contributed by atoms with E-state index in [-0.39, 0.29) is 31.8 Å². The number of carbonyl (C=O) groups excluding carboxylic acids is 6. The molecule has 1 heterocycles. The molecular weight excluding hydrogens is 812 g/mol. The lowest BCUT2D eigenvalue weighted by Crippen LogP contribution is -2.56. The first-order chi connectivity index (χ1) is 29.6. The third-order valence-electron chi connectivity index (χ3n) is 10.9. The predicted octanol–water partition coefficient (Wildman–Crippen LogP) is 4.42. The highest BCUT2D eigenvalue weighted by Crippen LogP contribution is 2.37. The van der Waals surface area contributed by atoms with Gasteiger partial charge in [0.15, 0.2) is 5.78 Å². The van der Waals surface area contributed by atoms with Crippen molar-refractivity contribution in [3.63, 3.8) is 0 Å². The molecule has 1 aliphatic heterocycles. The van der Waals surface area contributed by atoms with Crippen LogP contribution in [0.3, 0.4) is 0 Å². The molecule has 1 aliphatic rings. The zero-order valence-electron chi connectivity index (χ0n) is 35.6. The Bertz CT molecular complexity index is 2270. The number of ether oxygens (including phenoxy) is 1. The number of Topliss-reactive ketones (excluding diaryl/α,β-unsaturated/α-hetero) is 1. The largest absolute Gasteiger partial charge is 0.491 e. The first-order valence-electron chi connectivity index (χ1n) is 20.6. The van der Waals surface area contributed by atoms with Crippen molar-refractivity contribution in [3.05, 3.63) is 112 Å². The molecule has 0 fully saturated rings. The van der Waals surface area contributed by atoms with Gasteiger partial charge in [-0.1, -0.05) is 54.1 Å². The Kier molecular flexibility index (Phi) is 16.4. The summed E-state index contributed by atoms with van der Waals surface area (Å²) in [6.45, 7) is 6.33. The first-order valence-corrected chi connectivity index (χ1v) is 21.0. The smallest absolute Gasteiger partial charge is 0.251 e. The third kappa shape index (κ3) is 11.8. The highest BCUT2D eigenvalue weighted by atomic mass is 35.5. The van der Waals surface area contributed by atoms with Crippen molar-refractivity contribution in [1.29, 1.82) is 0 Å². The van der Waals surface area contributed by atoms with E-state index in [1.54, 1.807) is 73.7 Å². The second-order valence-electron chi connectivity index (χ2n) is 15.6. The van der Waals surface area contributed by atoms with Crippen LogP contribution in [0, 0.1) is 6.92 Å². The van der Waals surface area contributed by atoms with Gasteiger partial charge in [-0.3, -0.25) is 28.8 Å². The van der Waals surface area contributed by atoms with E-state index in [1.807, 2.05) is 25.1 Å². The number of hydrogen-bond donors (Lipinski definition) is 6. The quantitative estimate of drug-likeness (QED) is 0.0934. The second-order valence-corrected chi connectivity index (χ2v) is 16.0. The van der Waals surface area contributed by atoms with Gasteiger partial charge in [-0.25, -0.2) is 0 Å². The minimum absolute atomic E-state index is 0.0149. The molecule has 0 spiro atoms. The van der Waals surface area contributed by atoms with Gasteiger partial charge < -0.3 is 41.7 Å². The van der Waals surface area contributed by atoms with E-state index < -0.39 is 59.7 Å². The average Bonchev–Trinajstić information content (AvgIpc) is 3.25. The summed E-state index contributed by atoms with van der Waals surface area (Å²) in [5, 5.41) is 21.3. The van der Waals surface area contributed by atoms with Gasteiger partial charge in [0.2, 0.25) is 23.6 Å². The van der Waals surface area contributed by atoms with Crippen molar-refractivity contribution in [2.24, 2.45) is 5.73 Å². The number of likely N-dealkylation sites (N-methyl/N-ethyl adjacent to an activating group) is 1. The summed E-state index contributed by atoms with van der Waals surface area (Å²) >= 11 is 6.06. The molecular formula is C47H55ClN6O8. The number of hydrogen-bond acceptors (Lipinski definition) is 9. The van der Waals surface area contributed by atoms with Crippen LogP contribution in [0.5, 0.6) is 5.75 Å². The van der Waals surface area contributed by atoms with Gasteiger partial charge in [-0.15, -0.1) is 0 Å². The first kappa shape index (κ1) is 47.0. The van der Waals surface area contributed by atoms with Crippen LogP contribution in [-0.2, 0) is 30.4 Å². The molecule has 0 unspecified atom stereocenters. The number of carbonyl (C=O) groups is 6. The van der Waals surface area contributed by atoms with E-state index in [0.717, 1.165) is 16.7 Å². The Labute approximate surface area is 366 Å². The van der Waals surface area contributed by atoms with Crippen molar-refractivity contribution < 1.29 is 38.6 Å². The fourth-order valence-electron chi connectivity index (χ4n) is 7.18. The number of rotatable bonds is 15. The van der Waals surface area contributed by atoms with Gasteiger partial charge in [0.1, 0.15) is 36.5 Å². The monoisotopic (exact) mass is 866 g/mol. The van der Waals surface area contributed by atoms with E-state index in [0.29, 0.717) is 58.0 Å². The number of nitrogens with two attached hydrogens (primary N) is 1. The van der Waals surface area contributed by atoms with Crippen LogP contribution in [0.15, 0.2) is 84.9 Å². The number of aryl methyl sites for hydroxylation is 1. The minimum Gasteiger partial charge on any atom is -0.491 e. The summed E-state index contributed by atoms with van der Waals surface area (Å²) in [6, 6.07) is 19.3. The van der Waals surface area contributed by atoms with E-state index in [1.165, 1.54) is 25.8 Å². The number of fused-ring (bicyclic) bond motifs is 5. The summed E-state index contributed by atoms with van der Waals surface area (Å²) in [5.74, 6) is -2.89. The summed E-state index contributed by atoms with van der Waals surface area (Å²) in [6.07, 6.45) is 1.35. The van der Waals surface area contributed by atoms with Crippen LogP contribution in [0.4, 0.5) is 0 Å². The predicted molar refractivity (Wildman–Crippen MR) is 237 cm³/mol. The number of aliphatic hydroxyl groups is 1. The molecule has 4 bridgehead atoms. The molecule has 328 valence electrons. The van der Waals surface area contributed by atoms with Gasteiger partial charge in [0.05, 0.1) is 12.6 Å². The minimum atomic E-state index is -1.31. The Morgan fingerprint density at radius 3 is 2.23 bits per heavy atom. The van der Waals surface area contributed by atoms with Gasteiger partial charge in [-0.2, -0.15) is 0 Å². The Hall–Kier alpha value is -6.09. The summed E-state index contributed by atoms with van der Waals surface area (Å²) in [5.41, 5.74) is 11.0. The van der Waals surface area contributed by atoms with Crippen molar-refractivity contribution in [2.75, 3.05) is 26.8 Å². The molecule has 62 heavy (non-hydrogen) atoms. The van der Waals surface area contributed by atoms with E-state index >= 15 is 0 Å². The Morgan fingerprint density at radius 2 is 1.58 bits per heavy atom. The number of nitrogens with zero attached hydrogens (tertiary/aromatic N) is 1. The van der Waals surface area contributed by atoms with Crippen LogP contribution in [0.25, 0.3) is 22.3 Å². The number of aliphatic hydroxyl groups excluding tert-OH is 1. The number of ketones is 1. The van der Waals surface area contributed by atoms with Crippen LogP contribution >= 0.6 is 11.6 Å². The number of unbranched alkanes of at least 4 members (excludes halogenated alkanes) is 1. The molecule has 0 saturated carbocycles. The lowest BCUT2D eigenvalue weighted by atomic mass is 9.91. The van der Waals surface area contributed by atoms with Crippen molar-refractivity contribution >= 4 is 46.9 Å². The molecule has 15 heteroatoms. The Balaban J connectivity index is 1.54. The number of benzene rings is 4. The van der Waals surface area contributed by atoms with Gasteiger partial charge in [-0.05, 0) is 129 Å². The van der Waals surface area contributed by atoms with E-state index in [4.69, 9.17) is 22.1 Å². The topological polar surface area (TPSA) is 209 Å². The van der Waals surface area contributed by atoms with E-state index in [9.17, 15) is 33.9 Å². The molecule has 0 radical (unpaired) electrons. The molecule has 5 rings (SSSR count). The number of amides is 5. The standard InChI is InChI=1S/C47H55ClN6O8/c1-27-9-11-35-26-37(27)38-24-31(10-20-41(38)62-23-22-55)25-40(45(59)50-28(2)30(4)56)53-43(57)29(3)51-46(60)42(35)54(5)47(61)39(8-6-7-21-49)52-44(58)34-14-12-32(13-15-34)33-16-18-36(48)19-17-33/h9-20,24,26,28-29,39-40,42,55H,6-8,21-23,25,49H2,1-5H3,(H,50,59)(H,51,60)(H,52,58)(H,53,57)/t28-,29-,39-,40-,42-/m0/s1. The highest BCUT2D eigenvalue weighted by molar-refractivity contribution is 6.30. The molecule has 7 N–H and O–H groups in total. The maximum absolute atomic E-state index is 14.7. The lowest BCUT2D eigenvalue weighted by molar-refractivity contribution is -0.141. The summed E-state index contributed by atoms with van der Waals surface area (Å²) < 4.78 is 5.96. The van der Waals surface area contributed by atoms with Crippen LogP contribution in [0.1, 0.15) is 73.1 Å². The van der Waals surface area contributed by atoms with E-state index in [2.05, 4.69) is 21.3 Å². The lowest BCUT2D eigenvalue weighted by Gasteiger charge is -2.33. The van der Waals surface area contributed by atoms with Crippen molar-refractivity contribution in [2.45, 2.75) is 83.6 Å². The van der Waals surface area contributed by atoms with Crippen molar-refractivity contribution in [3.8, 4) is 28.0 Å². The molecule has 4 aromatic rings. The van der Waals surface area contributed by atoms with Gasteiger partial charge >= 0.3 is 0 Å². The molecule has 0 saturated heterocycles. The fourth-order valence-corrected chi connectivity index (χ4v) is 7.31. The Morgan fingerprint density at radius 1 is 0.903 bits per heavy atom. The van der Waals surface area contributed by atoms with Gasteiger partial charge in [0.25, 0.3) is 5.91 Å². The van der Waals surface area contributed by atoms with Crippen LogP contribution in [0.2, 0.25) is 5.02 Å². The molecule has 14 nitrogen and oxygen atoms in total. The number of halogens is 1. The van der Waals surface area contributed by atoms with Crippen LogP contribution in [-0.4, -0.2) is 96.3 Å². The van der Waals surface area contributed by atoms with Crippen molar-refractivity contribution in [1.82, 2.24) is 26.2 Å². The molecule has 4 aromatic carbocycles. The molecule has 0 aliphatic carbocycles. The second kappa shape index (κ2) is 21.6. The van der Waals surface area contributed by atoms with Crippen LogP contribution < -0.4 is 31.7 Å². The normalized spacial score (nSPS) is 17.3. The molecule has 5 amide bonds. The SMILES string of the molecule is CC(=O)[C@H](C)NC(=O)[C@@H]1Cc2ccc(OCCO)c(c2)-c2cc(ccc2C)[C@H](N(C)C(=O)[C@H](CCCCN)NC(=O)c2ccc(-c3ccc(Cl)cc3)cc2)C(=O)N[C@@H](C)C(=O)N1.